The molecule has 5 heteroatoms. The van der Waals surface area contributed by atoms with Gasteiger partial charge in [0.2, 0.25) is 5.91 Å². The second kappa shape index (κ2) is 7.40. The standard InChI is InChI=1S/C17H24N2O3/c1-11-5-3-6-13(9-11)17(22)19-12(2)16(21)18-10-14-7-4-8-15(14)20/h3,5-6,9,12,14-15,20H,4,7-8,10H2,1-2H3,(H,18,21)(H,19,22). The third kappa shape index (κ3) is 4.31. The van der Waals surface area contributed by atoms with E-state index in [0.717, 1.165) is 24.8 Å². The number of hydrogen-bond donors (Lipinski definition) is 3. The monoisotopic (exact) mass is 304 g/mol. The Morgan fingerprint density at radius 3 is 2.77 bits per heavy atom. The van der Waals surface area contributed by atoms with E-state index in [1.165, 1.54) is 0 Å². The van der Waals surface area contributed by atoms with Crippen molar-refractivity contribution in [3.63, 3.8) is 0 Å². The van der Waals surface area contributed by atoms with Crippen molar-refractivity contribution in [1.82, 2.24) is 10.6 Å². The first-order valence-electron chi connectivity index (χ1n) is 7.80. The van der Waals surface area contributed by atoms with E-state index in [2.05, 4.69) is 10.6 Å². The molecule has 2 rings (SSSR count). The fourth-order valence-corrected chi connectivity index (χ4v) is 2.77. The average Bonchev–Trinajstić information content (AvgIpc) is 2.90. The lowest BCUT2D eigenvalue weighted by atomic mass is 10.1. The van der Waals surface area contributed by atoms with E-state index in [0.29, 0.717) is 12.1 Å². The van der Waals surface area contributed by atoms with E-state index in [4.69, 9.17) is 0 Å². The maximum atomic E-state index is 12.1. The minimum Gasteiger partial charge on any atom is -0.393 e. The lowest BCUT2D eigenvalue weighted by molar-refractivity contribution is -0.122. The van der Waals surface area contributed by atoms with Crippen LogP contribution in [0.1, 0.15) is 42.1 Å². The minimum absolute atomic E-state index is 0.128. The molecule has 120 valence electrons. The van der Waals surface area contributed by atoms with Crippen LogP contribution < -0.4 is 10.6 Å². The number of carbonyl (C=O) groups excluding carboxylic acids is 2. The summed E-state index contributed by atoms with van der Waals surface area (Å²) in [5, 5.41) is 15.2. The highest BCUT2D eigenvalue weighted by molar-refractivity contribution is 5.97. The second-order valence-corrected chi connectivity index (χ2v) is 6.07. The molecule has 1 aromatic carbocycles. The number of rotatable bonds is 5. The maximum absolute atomic E-state index is 12.1. The molecule has 0 bridgehead atoms. The van der Waals surface area contributed by atoms with Crippen molar-refractivity contribution in [2.75, 3.05) is 6.54 Å². The molecule has 1 saturated carbocycles. The Kier molecular flexibility index (Phi) is 5.55. The number of aliphatic hydroxyl groups is 1. The maximum Gasteiger partial charge on any atom is 0.251 e. The molecule has 1 aliphatic carbocycles. The fraction of sp³-hybridized carbons (Fsp3) is 0.529. The minimum atomic E-state index is -0.605. The lowest BCUT2D eigenvalue weighted by Gasteiger charge is -2.18. The van der Waals surface area contributed by atoms with Crippen LogP contribution in [0.4, 0.5) is 0 Å². The first-order chi connectivity index (χ1) is 10.5. The molecule has 3 N–H and O–H groups in total. The average molecular weight is 304 g/mol. The van der Waals surface area contributed by atoms with Gasteiger partial charge in [-0.1, -0.05) is 24.1 Å². The van der Waals surface area contributed by atoms with Gasteiger partial charge in [-0.25, -0.2) is 0 Å². The van der Waals surface area contributed by atoms with Gasteiger partial charge in [-0.3, -0.25) is 9.59 Å². The molecule has 3 atom stereocenters. The van der Waals surface area contributed by atoms with Crippen LogP contribution in [0.15, 0.2) is 24.3 Å². The van der Waals surface area contributed by atoms with E-state index in [1.807, 2.05) is 19.1 Å². The highest BCUT2D eigenvalue weighted by atomic mass is 16.3. The van der Waals surface area contributed by atoms with Crippen LogP contribution in [0.2, 0.25) is 0 Å². The van der Waals surface area contributed by atoms with Crippen LogP contribution in [0.3, 0.4) is 0 Å². The van der Waals surface area contributed by atoms with Gasteiger partial charge < -0.3 is 15.7 Å². The topological polar surface area (TPSA) is 78.4 Å². The van der Waals surface area contributed by atoms with E-state index in [9.17, 15) is 14.7 Å². The summed E-state index contributed by atoms with van der Waals surface area (Å²) < 4.78 is 0. The molecule has 0 aliphatic heterocycles. The number of aryl methyl sites for hydroxylation is 1. The Morgan fingerprint density at radius 2 is 2.14 bits per heavy atom. The normalized spacial score (nSPS) is 22.1. The molecule has 0 saturated heterocycles. The number of benzene rings is 1. The van der Waals surface area contributed by atoms with E-state index >= 15 is 0 Å². The van der Waals surface area contributed by atoms with Crippen molar-refractivity contribution in [1.29, 1.82) is 0 Å². The van der Waals surface area contributed by atoms with E-state index in [1.54, 1.807) is 19.1 Å². The Labute approximate surface area is 131 Å². The quantitative estimate of drug-likeness (QED) is 0.769. The van der Waals surface area contributed by atoms with Crippen LogP contribution >= 0.6 is 0 Å². The molecule has 5 nitrogen and oxygen atoms in total. The summed E-state index contributed by atoms with van der Waals surface area (Å²) in [4.78, 5) is 24.1. The lowest BCUT2D eigenvalue weighted by Crippen LogP contribution is -2.46. The van der Waals surface area contributed by atoms with Gasteiger partial charge in [0, 0.05) is 18.0 Å². The first-order valence-corrected chi connectivity index (χ1v) is 7.80. The highest BCUT2D eigenvalue weighted by Crippen LogP contribution is 2.24. The van der Waals surface area contributed by atoms with Gasteiger partial charge in [0.1, 0.15) is 6.04 Å². The van der Waals surface area contributed by atoms with E-state index < -0.39 is 6.04 Å². The predicted octanol–water partition coefficient (Wildman–Crippen LogP) is 1.39. The Hall–Kier alpha value is -1.88. The summed E-state index contributed by atoms with van der Waals surface area (Å²) in [7, 11) is 0. The number of hydrogen-bond acceptors (Lipinski definition) is 3. The largest absolute Gasteiger partial charge is 0.393 e. The van der Waals surface area contributed by atoms with Crippen LogP contribution in [-0.2, 0) is 4.79 Å². The molecule has 0 radical (unpaired) electrons. The number of aliphatic hydroxyl groups excluding tert-OH is 1. The predicted molar refractivity (Wildman–Crippen MR) is 84.5 cm³/mol. The van der Waals surface area contributed by atoms with Gasteiger partial charge in [0.25, 0.3) is 5.91 Å². The third-order valence-electron chi connectivity index (χ3n) is 4.18. The first kappa shape index (κ1) is 16.5. The molecule has 1 aliphatic rings. The molecule has 0 aromatic heterocycles. The molecular weight excluding hydrogens is 280 g/mol. The summed E-state index contributed by atoms with van der Waals surface area (Å²) in [6.07, 6.45) is 2.42. The van der Waals surface area contributed by atoms with Gasteiger partial charge >= 0.3 is 0 Å². The Balaban J connectivity index is 1.82. The van der Waals surface area contributed by atoms with Crippen molar-refractivity contribution in [2.24, 2.45) is 5.92 Å². The zero-order chi connectivity index (χ0) is 16.1. The van der Waals surface area contributed by atoms with Crippen molar-refractivity contribution >= 4 is 11.8 Å². The van der Waals surface area contributed by atoms with Crippen molar-refractivity contribution in [3.8, 4) is 0 Å². The van der Waals surface area contributed by atoms with Gasteiger partial charge in [0.05, 0.1) is 6.10 Å². The van der Waals surface area contributed by atoms with Crippen LogP contribution in [0.5, 0.6) is 0 Å². The summed E-state index contributed by atoms with van der Waals surface area (Å²) in [5.74, 6) is -0.351. The van der Waals surface area contributed by atoms with Crippen LogP contribution in [-0.4, -0.2) is 35.6 Å². The smallest absolute Gasteiger partial charge is 0.251 e. The molecule has 2 amide bonds. The van der Waals surface area contributed by atoms with Crippen LogP contribution in [0, 0.1) is 12.8 Å². The zero-order valence-corrected chi connectivity index (χ0v) is 13.1. The number of amides is 2. The van der Waals surface area contributed by atoms with Crippen molar-refractivity contribution in [2.45, 2.75) is 45.3 Å². The highest BCUT2D eigenvalue weighted by Gasteiger charge is 2.26. The Bertz CT molecular complexity index is 544. The summed E-state index contributed by atoms with van der Waals surface area (Å²) in [6.45, 7) is 4.04. The number of nitrogens with one attached hydrogen (secondary N) is 2. The molecule has 1 aromatic rings. The summed E-state index contributed by atoms with van der Waals surface area (Å²) in [6, 6.07) is 6.64. The van der Waals surface area contributed by atoms with Gasteiger partial charge in [-0.2, -0.15) is 0 Å². The SMILES string of the molecule is Cc1cccc(C(=O)NC(C)C(=O)NCC2CCCC2O)c1. The molecule has 0 heterocycles. The van der Waals surface area contributed by atoms with Crippen molar-refractivity contribution in [3.05, 3.63) is 35.4 Å². The van der Waals surface area contributed by atoms with Gasteiger partial charge in [-0.15, -0.1) is 0 Å². The fourth-order valence-electron chi connectivity index (χ4n) is 2.77. The second-order valence-electron chi connectivity index (χ2n) is 6.07. The molecule has 22 heavy (non-hydrogen) atoms. The third-order valence-corrected chi connectivity index (χ3v) is 4.18. The van der Waals surface area contributed by atoms with E-state index in [-0.39, 0.29) is 23.8 Å². The van der Waals surface area contributed by atoms with Gasteiger partial charge in [0.15, 0.2) is 0 Å². The molecule has 3 unspecified atom stereocenters. The number of carbonyl (C=O) groups is 2. The van der Waals surface area contributed by atoms with Crippen LogP contribution in [0.25, 0.3) is 0 Å². The summed E-state index contributed by atoms with van der Waals surface area (Å²) >= 11 is 0. The van der Waals surface area contributed by atoms with Crippen molar-refractivity contribution < 1.29 is 14.7 Å². The zero-order valence-electron chi connectivity index (χ0n) is 13.1. The molecular formula is C17H24N2O3. The van der Waals surface area contributed by atoms with Gasteiger partial charge in [-0.05, 0) is 38.8 Å². The Morgan fingerprint density at radius 1 is 1.36 bits per heavy atom. The molecule has 1 fully saturated rings. The molecule has 0 spiro atoms. The summed E-state index contributed by atoms with van der Waals surface area (Å²) in [5.41, 5.74) is 1.55.